The van der Waals surface area contributed by atoms with E-state index in [9.17, 15) is 9.59 Å². The molecule has 1 saturated heterocycles. The standard InChI is InChI=1S/C39H42N4O2S/c1-27-12-13-29(3)33(24-27)26-43-35-9-5-6-11-36(35)46-37(39(43)45)25-31-14-16-32(17-15-31)38(44)40-18-19-41-20-22-42(23-21-41)34-10-7-8-28(2)30(34)4/h5-17,24-25H,18-23,26H2,1-4H3,(H,40,44). The van der Waals surface area contributed by atoms with Gasteiger partial charge in [0.2, 0.25) is 0 Å². The lowest BCUT2D eigenvalue weighted by atomic mass is 10.0. The molecule has 0 aromatic heterocycles. The summed E-state index contributed by atoms with van der Waals surface area (Å²) in [6.45, 7) is 14.4. The van der Waals surface area contributed by atoms with Crippen LogP contribution >= 0.6 is 11.8 Å². The Hall–Kier alpha value is -4.33. The van der Waals surface area contributed by atoms with Crippen molar-refractivity contribution >= 4 is 41.0 Å². The highest BCUT2D eigenvalue weighted by molar-refractivity contribution is 8.04. The molecular formula is C39H42N4O2S. The number of hydrogen-bond acceptors (Lipinski definition) is 5. The summed E-state index contributed by atoms with van der Waals surface area (Å²) in [5.74, 6) is -0.0914. The number of benzene rings is 4. The largest absolute Gasteiger partial charge is 0.369 e. The minimum absolute atomic E-state index is 0.0127. The molecule has 6 nitrogen and oxygen atoms in total. The van der Waals surface area contributed by atoms with E-state index in [0.717, 1.165) is 54.4 Å². The summed E-state index contributed by atoms with van der Waals surface area (Å²) in [5.41, 5.74) is 9.95. The summed E-state index contributed by atoms with van der Waals surface area (Å²) in [4.78, 5) is 35.2. The average Bonchev–Trinajstić information content (AvgIpc) is 3.06. The molecule has 0 aliphatic carbocycles. The molecule has 7 heteroatoms. The van der Waals surface area contributed by atoms with E-state index >= 15 is 0 Å². The van der Waals surface area contributed by atoms with Gasteiger partial charge in [0.1, 0.15) is 0 Å². The Morgan fingerprint density at radius 3 is 2.35 bits per heavy atom. The Labute approximate surface area is 277 Å². The summed E-state index contributed by atoms with van der Waals surface area (Å²) in [6, 6.07) is 28.5. The molecule has 0 saturated carbocycles. The number of aryl methyl sites for hydroxylation is 3. The highest BCUT2D eigenvalue weighted by Gasteiger charge is 2.29. The summed E-state index contributed by atoms with van der Waals surface area (Å²) in [5, 5.41) is 3.09. The van der Waals surface area contributed by atoms with Gasteiger partial charge in [0.15, 0.2) is 0 Å². The average molecular weight is 631 g/mol. The van der Waals surface area contributed by atoms with E-state index in [2.05, 4.69) is 85.3 Å². The lowest BCUT2D eigenvalue weighted by Gasteiger charge is -2.37. The monoisotopic (exact) mass is 630 g/mol. The van der Waals surface area contributed by atoms with Crippen molar-refractivity contribution in [3.05, 3.63) is 129 Å². The SMILES string of the molecule is Cc1ccc(C)c(CN2C(=O)C(=Cc3ccc(C(=O)NCCN4CCN(c5cccc(C)c5C)CC4)cc3)Sc3ccccc32)c1. The van der Waals surface area contributed by atoms with Crippen LogP contribution in [0.3, 0.4) is 0 Å². The number of hydrogen-bond donors (Lipinski definition) is 1. The van der Waals surface area contributed by atoms with Gasteiger partial charge in [0.25, 0.3) is 11.8 Å². The van der Waals surface area contributed by atoms with Crippen LogP contribution in [0, 0.1) is 27.7 Å². The summed E-state index contributed by atoms with van der Waals surface area (Å²) in [6.07, 6.45) is 1.93. The molecule has 0 spiro atoms. The molecule has 0 radical (unpaired) electrons. The van der Waals surface area contributed by atoms with Gasteiger partial charge in [-0.15, -0.1) is 0 Å². The Morgan fingerprint density at radius 2 is 1.57 bits per heavy atom. The van der Waals surface area contributed by atoms with Crippen LogP contribution < -0.4 is 15.1 Å². The molecule has 0 atom stereocenters. The molecule has 2 heterocycles. The number of carbonyl (C=O) groups is 2. The van der Waals surface area contributed by atoms with Crippen molar-refractivity contribution in [1.29, 1.82) is 0 Å². The first-order valence-electron chi connectivity index (χ1n) is 16.0. The summed E-state index contributed by atoms with van der Waals surface area (Å²) in [7, 11) is 0. The second-order valence-electron chi connectivity index (χ2n) is 12.3. The van der Waals surface area contributed by atoms with Crippen molar-refractivity contribution < 1.29 is 9.59 Å². The maximum atomic E-state index is 13.8. The van der Waals surface area contributed by atoms with Gasteiger partial charge in [-0.1, -0.05) is 71.9 Å². The topological polar surface area (TPSA) is 55.9 Å². The number of nitrogens with zero attached hydrogens (tertiary/aromatic N) is 3. The normalized spacial score (nSPS) is 16.1. The zero-order valence-corrected chi connectivity index (χ0v) is 28.0. The van der Waals surface area contributed by atoms with Crippen molar-refractivity contribution in [3.63, 3.8) is 0 Å². The molecule has 0 unspecified atom stereocenters. The molecule has 2 amide bonds. The number of anilines is 2. The van der Waals surface area contributed by atoms with Crippen LogP contribution in [0.5, 0.6) is 0 Å². The molecule has 2 aliphatic heterocycles. The first-order chi connectivity index (χ1) is 22.3. The maximum Gasteiger partial charge on any atom is 0.265 e. The lowest BCUT2D eigenvalue weighted by Crippen LogP contribution is -2.48. The van der Waals surface area contributed by atoms with Gasteiger partial charge in [0.05, 0.1) is 17.1 Å². The first kappa shape index (κ1) is 31.6. The number of thioether (sulfide) groups is 1. The van der Waals surface area contributed by atoms with Crippen LogP contribution in [0.2, 0.25) is 0 Å². The van der Waals surface area contributed by atoms with E-state index in [4.69, 9.17) is 0 Å². The predicted molar refractivity (Wildman–Crippen MR) is 191 cm³/mol. The first-order valence-corrected chi connectivity index (χ1v) is 16.9. The fourth-order valence-electron chi connectivity index (χ4n) is 6.16. The van der Waals surface area contributed by atoms with E-state index in [1.54, 1.807) is 0 Å². The second-order valence-corrected chi connectivity index (χ2v) is 13.4. The van der Waals surface area contributed by atoms with Crippen LogP contribution in [-0.4, -0.2) is 56.0 Å². The van der Waals surface area contributed by atoms with Gasteiger partial charge in [-0.2, -0.15) is 0 Å². The van der Waals surface area contributed by atoms with E-state index in [1.165, 1.54) is 39.7 Å². The fourth-order valence-corrected chi connectivity index (χ4v) is 7.22. The zero-order valence-electron chi connectivity index (χ0n) is 27.2. The zero-order chi connectivity index (χ0) is 32.2. The molecular weight excluding hydrogens is 589 g/mol. The van der Waals surface area contributed by atoms with Crippen molar-refractivity contribution in [3.8, 4) is 0 Å². The number of fused-ring (bicyclic) bond motifs is 1. The van der Waals surface area contributed by atoms with Crippen molar-refractivity contribution in [2.75, 3.05) is 49.1 Å². The van der Waals surface area contributed by atoms with Crippen LogP contribution in [0.4, 0.5) is 11.4 Å². The molecule has 6 rings (SSSR count). The van der Waals surface area contributed by atoms with E-state index in [-0.39, 0.29) is 11.8 Å². The van der Waals surface area contributed by atoms with E-state index in [0.29, 0.717) is 23.6 Å². The van der Waals surface area contributed by atoms with Crippen molar-refractivity contribution in [2.24, 2.45) is 0 Å². The van der Waals surface area contributed by atoms with E-state index < -0.39 is 0 Å². The van der Waals surface area contributed by atoms with E-state index in [1.807, 2.05) is 53.4 Å². The van der Waals surface area contributed by atoms with Gasteiger partial charge in [-0.3, -0.25) is 14.5 Å². The quantitative estimate of drug-likeness (QED) is 0.210. The number of piperazine rings is 1. The molecule has 46 heavy (non-hydrogen) atoms. The maximum absolute atomic E-state index is 13.8. The van der Waals surface area contributed by atoms with Crippen LogP contribution in [0.25, 0.3) is 6.08 Å². The molecule has 4 aromatic carbocycles. The Morgan fingerprint density at radius 1 is 0.826 bits per heavy atom. The van der Waals surface area contributed by atoms with Gasteiger partial charge in [-0.25, -0.2) is 0 Å². The third kappa shape index (κ3) is 7.06. The van der Waals surface area contributed by atoms with Crippen LogP contribution in [0.15, 0.2) is 94.7 Å². The molecule has 4 aromatic rings. The molecule has 0 bridgehead atoms. The number of para-hydroxylation sites is 1. The third-order valence-electron chi connectivity index (χ3n) is 9.14. The van der Waals surface area contributed by atoms with Crippen LogP contribution in [-0.2, 0) is 11.3 Å². The second kappa shape index (κ2) is 14.0. The Balaban J connectivity index is 1.05. The molecule has 2 aliphatic rings. The number of rotatable bonds is 8. The highest BCUT2D eigenvalue weighted by Crippen LogP contribution is 2.42. The molecule has 1 fully saturated rings. The third-order valence-corrected chi connectivity index (χ3v) is 10.2. The smallest absolute Gasteiger partial charge is 0.265 e. The minimum atomic E-state index is -0.0787. The number of amides is 2. The van der Waals surface area contributed by atoms with Gasteiger partial charge in [-0.05, 0) is 91.9 Å². The van der Waals surface area contributed by atoms with Gasteiger partial charge >= 0.3 is 0 Å². The van der Waals surface area contributed by atoms with Crippen molar-refractivity contribution in [2.45, 2.75) is 39.1 Å². The fraction of sp³-hybridized carbons (Fsp3) is 0.282. The number of nitrogens with one attached hydrogen (secondary N) is 1. The molecule has 1 N–H and O–H groups in total. The number of carbonyl (C=O) groups excluding carboxylic acids is 2. The summed E-state index contributed by atoms with van der Waals surface area (Å²) >= 11 is 1.50. The Kier molecular flexibility index (Phi) is 9.61. The minimum Gasteiger partial charge on any atom is -0.369 e. The van der Waals surface area contributed by atoms with Gasteiger partial charge < -0.3 is 15.1 Å². The lowest BCUT2D eigenvalue weighted by molar-refractivity contribution is -0.114. The predicted octanol–water partition coefficient (Wildman–Crippen LogP) is 7.15. The summed E-state index contributed by atoms with van der Waals surface area (Å²) < 4.78 is 0. The van der Waals surface area contributed by atoms with Crippen LogP contribution in [0.1, 0.15) is 43.7 Å². The van der Waals surface area contributed by atoms with Gasteiger partial charge in [0, 0.05) is 55.4 Å². The Bertz CT molecular complexity index is 1770. The molecule has 236 valence electrons. The highest BCUT2D eigenvalue weighted by atomic mass is 32.2. The van der Waals surface area contributed by atoms with Crippen molar-refractivity contribution in [1.82, 2.24) is 10.2 Å².